The van der Waals surface area contributed by atoms with Gasteiger partial charge in [0.05, 0.1) is 5.60 Å². The molecule has 0 aliphatic carbocycles. The molecule has 0 amide bonds. The summed E-state index contributed by atoms with van der Waals surface area (Å²) in [6.45, 7) is 8.08. The fourth-order valence-electron chi connectivity index (χ4n) is 0.873. The molecule has 0 N–H and O–H groups in total. The Kier molecular flexibility index (Phi) is 3.91. The Balaban J connectivity index is 2.39. The Morgan fingerprint density at radius 2 is 1.93 bits per heavy atom. The fraction of sp³-hybridized carbons (Fsp3) is 0.455. The van der Waals surface area contributed by atoms with Crippen LogP contribution in [0.5, 0.6) is 5.75 Å². The van der Waals surface area contributed by atoms with Crippen LogP contribution >= 0.6 is 9.03 Å². The van der Waals surface area contributed by atoms with Crippen molar-refractivity contribution in [2.75, 3.05) is 0 Å². The summed E-state index contributed by atoms with van der Waals surface area (Å²) < 4.78 is 10.9. The number of hydrogen-bond donors (Lipinski definition) is 0. The quantitative estimate of drug-likeness (QED) is 0.711. The molecule has 0 aliphatic rings. The molecule has 0 heterocycles. The third kappa shape index (κ3) is 4.59. The summed E-state index contributed by atoms with van der Waals surface area (Å²) in [6.07, 6.45) is 0. The summed E-state index contributed by atoms with van der Waals surface area (Å²) in [5.41, 5.74) is 1.06. The molecular formula is C11H17O2P. The summed E-state index contributed by atoms with van der Waals surface area (Å²) >= 11 is 0. The third-order valence-corrected chi connectivity index (χ3v) is 2.51. The van der Waals surface area contributed by atoms with Crippen LogP contribution < -0.4 is 4.52 Å². The van der Waals surface area contributed by atoms with Crippen molar-refractivity contribution in [3.05, 3.63) is 29.8 Å². The molecule has 78 valence electrons. The van der Waals surface area contributed by atoms with Gasteiger partial charge in [-0.05, 0) is 45.4 Å². The topological polar surface area (TPSA) is 18.5 Å². The molecule has 2 nitrogen and oxygen atoms in total. The van der Waals surface area contributed by atoms with Crippen LogP contribution in [0.15, 0.2) is 24.3 Å². The van der Waals surface area contributed by atoms with E-state index in [-0.39, 0.29) is 14.6 Å². The number of rotatable bonds is 3. The van der Waals surface area contributed by atoms with Crippen LogP contribution in [0.3, 0.4) is 0 Å². The number of benzene rings is 1. The van der Waals surface area contributed by atoms with Gasteiger partial charge in [-0.15, -0.1) is 0 Å². The molecule has 14 heavy (non-hydrogen) atoms. The summed E-state index contributed by atoms with van der Waals surface area (Å²) in [6, 6.07) is 7.96. The molecule has 0 spiro atoms. The van der Waals surface area contributed by atoms with Crippen molar-refractivity contribution < 1.29 is 9.05 Å². The standard InChI is InChI=1S/C11H17O2P/c1-9-6-5-7-10(8-9)12-14-13-11(2,3)4/h5-8,14H,1-4H3. The molecular weight excluding hydrogens is 195 g/mol. The molecule has 0 saturated carbocycles. The molecule has 0 aliphatic heterocycles. The zero-order valence-electron chi connectivity index (χ0n) is 9.13. The van der Waals surface area contributed by atoms with Crippen LogP contribution in [-0.4, -0.2) is 5.60 Å². The first-order valence-corrected chi connectivity index (χ1v) is 5.45. The molecule has 1 atom stereocenters. The Morgan fingerprint density at radius 3 is 2.50 bits per heavy atom. The van der Waals surface area contributed by atoms with Crippen molar-refractivity contribution >= 4 is 9.03 Å². The van der Waals surface area contributed by atoms with E-state index in [9.17, 15) is 0 Å². The molecule has 0 bridgehead atoms. The van der Waals surface area contributed by atoms with Gasteiger partial charge in [0.15, 0.2) is 0 Å². The van der Waals surface area contributed by atoms with Crippen LogP contribution in [0.1, 0.15) is 26.3 Å². The lowest BCUT2D eigenvalue weighted by atomic mass is 10.2. The molecule has 0 fully saturated rings. The van der Waals surface area contributed by atoms with E-state index in [2.05, 4.69) is 0 Å². The van der Waals surface area contributed by atoms with Crippen LogP contribution in [0.4, 0.5) is 0 Å². The monoisotopic (exact) mass is 212 g/mol. The first-order valence-electron chi connectivity index (χ1n) is 4.64. The van der Waals surface area contributed by atoms with Gasteiger partial charge >= 0.3 is 0 Å². The predicted octanol–water partition coefficient (Wildman–Crippen LogP) is 3.70. The highest BCUT2D eigenvalue weighted by Gasteiger charge is 2.10. The first-order chi connectivity index (χ1) is 6.47. The minimum Gasteiger partial charge on any atom is -0.450 e. The lowest BCUT2D eigenvalue weighted by Gasteiger charge is -2.18. The van der Waals surface area contributed by atoms with Crippen molar-refractivity contribution in [1.29, 1.82) is 0 Å². The number of aryl methyl sites for hydroxylation is 1. The maximum Gasteiger partial charge on any atom is 0.215 e. The minimum absolute atomic E-state index is 0.0574. The molecule has 1 unspecified atom stereocenters. The van der Waals surface area contributed by atoms with E-state index in [4.69, 9.17) is 9.05 Å². The lowest BCUT2D eigenvalue weighted by molar-refractivity contribution is 0.143. The third-order valence-electron chi connectivity index (χ3n) is 1.50. The predicted molar refractivity (Wildman–Crippen MR) is 61.0 cm³/mol. The molecule has 1 aromatic carbocycles. The van der Waals surface area contributed by atoms with Crippen LogP contribution in [0.25, 0.3) is 0 Å². The number of hydrogen-bond acceptors (Lipinski definition) is 2. The van der Waals surface area contributed by atoms with Gasteiger partial charge in [0.2, 0.25) is 9.03 Å². The molecule has 0 radical (unpaired) electrons. The summed E-state index contributed by atoms with van der Waals surface area (Å²) in [4.78, 5) is 0. The molecule has 0 saturated heterocycles. The van der Waals surface area contributed by atoms with Crippen molar-refractivity contribution in [2.24, 2.45) is 0 Å². The maximum absolute atomic E-state index is 5.48. The fourth-order valence-corrected chi connectivity index (χ4v) is 1.39. The van der Waals surface area contributed by atoms with E-state index >= 15 is 0 Å². The van der Waals surface area contributed by atoms with Gasteiger partial charge in [0.1, 0.15) is 5.75 Å². The highest BCUT2D eigenvalue weighted by Crippen LogP contribution is 2.27. The van der Waals surface area contributed by atoms with E-state index in [0.29, 0.717) is 0 Å². The Labute approximate surface area is 87.6 Å². The van der Waals surface area contributed by atoms with Gasteiger partial charge in [-0.1, -0.05) is 12.1 Å². The van der Waals surface area contributed by atoms with E-state index in [1.807, 2.05) is 52.0 Å². The molecule has 1 aromatic rings. The van der Waals surface area contributed by atoms with Crippen molar-refractivity contribution in [3.63, 3.8) is 0 Å². The molecule has 1 rings (SSSR count). The molecule has 0 aromatic heterocycles. The van der Waals surface area contributed by atoms with Gasteiger partial charge in [0.25, 0.3) is 0 Å². The average Bonchev–Trinajstić information content (AvgIpc) is 2.01. The largest absolute Gasteiger partial charge is 0.450 e. The zero-order chi connectivity index (χ0) is 10.6. The van der Waals surface area contributed by atoms with Crippen molar-refractivity contribution in [2.45, 2.75) is 33.3 Å². The van der Waals surface area contributed by atoms with Gasteiger partial charge in [-0.2, -0.15) is 0 Å². The normalized spacial score (nSPS) is 12.3. The van der Waals surface area contributed by atoms with Crippen LogP contribution in [0, 0.1) is 6.92 Å². The van der Waals surface area contributed by atoms with E-state index in [0.717, 1.165) is 5.75 Å². The van der Waals surface area contributed by atoms with Crippen LogP contribution in [0.2, 0.25) is 0 Å². The Bertz CT molecular complexity index is 292. The SMILES string of the molecule is Cc1cccc(OPOC(C)(C)C)c1. The second kappa shape index (κ2) is 4.77. The van der Waals surface area contributed by atoms with E-state index in [1.165, 1.54) is 5.56 Å². The summed E-state index contributed by atoms with van der Waals surface area (Å²) in [5, 5.41) is 0. The zero-order valence-corrected chi connectivity index (χ0v) is 10.1. The summed E-state index contributed by atoms with van der Waals surface area (Å²) in [7, 11) is 0.0574. The minimum atomic E-state index is -0.137. The maximum atomic E-state index is 5.48. The Morgan fingerprint density at radius 1 is 1.21 bits per heavy atom. The van der Waals surface area contributed by atoms with Crippen molar-refractivity contribution in [3.8, 4) is 5.75 Å². The first kappa shape index (κ1) is 11.5. The van der Waals surface area contributed by atoms with E-state index in [1.54, 1.807) is 0 Å². The van der Waals surface area contributed by atoms with Gasteiger partial charge < -0.3 is 9.05 Å². The van der Waals surface area contributed by atoms with Gasteiger partial charge in [-0.3, -0.25) is 0 Å². The highest BCUT2D eigenvalue weighted by molar-refractivity contribution is 7.26. The van der Waals surface area contributed by atoms with Gasteiger partial charge in [-0.25, -0.2) is 0 Å². The van der Waals surface area contributed by atoms with Crippen LogP contribution in [-0.2, 0) is 4.52 Å². The van der Waals surface area contributed by atoms with E-state index < -0.39 is 0 Å². The second-order valence-corrected chi connectivity index (χ2v) is 4.79. The average molecular weight is 212 g/mol. The smallest absolute Gasteiger partial charge is 0.215 e. The summed E-state index contributed by atoms with van der Waals surface area (Å²) in [5.74, 6) is 0.868. The van der Waals surface area contributed by atoms with Crippen molar-refractivity contribution in [1.82, 2.24) is 0 Å². The second-order valence-electron chi connectivity index (χ2n) is 4.22. The van der Waals surface area contributed by atoms with Gasteiger partial charge in [0, 0.05) is 0 Å². The highest BCUT2D eigenvalue weighted by atomic mass is 31.1. The molecule has 3 heteroatoms. The Hall–Kier alpha value is -0.590. The lowest BCUT2D eigenvalue weighted by Crippen LogP contribution is -2.14.